The third kappa shape index (κ3) is 5.15. The Balaban J connectivity index is 1.89. The van der Waals surface area contributed by atoms with E-state index < -0.39 is 0 Å². The molecule has 0 bridgehead atoms. The molecule has 0 aliphatic heterocycles. The number of benzene rings is 1. The van der Waals surface area contributed by atoms with Gasteiger partial charge in [0.15, 0.2) is 5.16 Å². The number of nitrogen functional groups attached to an aromatic ring is 3. The highest BCUT2D eigenvalue weighted by atomic mass is 32.2. The summed E-state index contributed by atoms with van der Waals surface area (Å²) < 4.78 is 0. The van der Waals surface area contributed by atoms with Gasteiger partial charge in [-0.25, -0.2) is 15.4 Å². The molecule has 0 radical (unpaired) electrons. The molecule has 1 heterocycles. The van der Waals surface area contributed by atoms with Crippen molar-refractivity contribution in [3.8, 4) is 0 Å². The van der Waals surface area contributed by atoms with Crippen molar-refractivity contribution in [2.75, 3.05) is 23.0 Å². The second kappa shape index (κ2) is 7.45. The number of amides is 1. The van der Waals surface area contributed by atoms with E-state index in [-0.39, 0.29) is 23.3 Å². The van der Waals surface area contributed by atoms with Crippen LogP contribution in [0, 0.1) is 0 Å². The Hall–Kier alpha value is -2.81. The fourth-order valence-corrected chi connectivity index (χ4v) is 2.29. The molecule has 1 aromatic carbocycles. The zero-order valence-electron chi connectivity index (χ0n) is 12.5. The van der Waals surface area contributed by atoms with Gasteiger partial charge in [-0.3, -0.25) is 4.79 Å². The fourth-order valence-electron chi connectivity index (χ4n) is 1.62. The van der Waals surface area contributed by atoms with Crippen LogP contribution in [0.5, 0.6) is 0 Å². The molecular weight excluding hydrogens is 314 g/mol. The summed E-state index contributed by atoms with van der Waals surface area (Å²) in [5.74, 6) is 0.339. The van der Waals surface area contributed by atoms with E-state index in [0.29, 0.717) is 16.6 Å². The summed E-state index contributed by atoms with van der Waals surface area (Å²) in [4.78, 5) is 19.8. The van der Waals surface area contributed by atoms with Crippen LogP contribution in [0.1, 0.15) is 12.5 Å². The number of hydrogen-bond donors (Lipinski definition) is 4. The molecule has 2 aromatic rings. The minimum absolute atomic E-state index is 0.0986. The van der Waals surface area contributed by atoms with Gasteiger partial charge >= 0.3 is 0 Å². The first-order valence-corrected chi connectivity index (χ1v) is 7.64. The molecule has 0 aliphatic carbocycles. The maximum Gasteiger partial charge on any atom is 0.250 e. The van der Waals surface area contributed by atoms with Crippen molar-refractivity contribution in [1.82, 2.24) is 15.4 Å². The lowest BCUT2D eigenvalue weighted by atomic mass is 10.1. The highest BCUT2D eigenvalue weighted by Crippen LogP contribution is 2.15. The molecule has 8 nitrogen and oxygen atoms in total. The Bertz CT molecular complexity index is 710. The van der Waals surface area contributed by atoms with Gasteiger partial charge in [0.25, 0.3) is 5.91 Å². The van der Waals surface area contributed by atoms with Gasteiger partial charge in [-0.2, -0.15) is 5.10 Å². The molecule has 0 spiro atoms. The van der Waals surface area contributed by atoms with Gasteiger partial charge in [0, 0.05) is 11.8 Å². The molecule has 0 atom stereocenters. The number of aromatic nitrogens is 2. The van der Waals surface area contributed by atoms with E-state index in [9.17, 15) is 4.79 Å². The van der Waals surface area contributed by atoms with Gasteiger partial charge in [-0.15, -0.1) is 0 Å². The quantitative estimate of drug-likeness (QED) is 0.209. The van der Waals surface area contributed by atoms with Crippen LogP contribution < -0.4 is 22.6 Å². The summed E-state index contributed by atoms with van der Waals surface area (Å²) in [6.07, 6.45) is 0. The molecule has 0 unspecified atom stereocenters. The number of hydrogen-bond acceptors (Lipinski definition) is 8. The first-order valence-electron chi connectivity index (χ1n) is 6.66. The van der Waals surface area contributed by atoms with Gasteiger partial charge in [0.05, 0.1) is 11.5 Å². The van der Waals surface area contributed by atoms with Gasteiger partial charge in [0.1, 0.15) is 11.6 Å². The predicted octanol–water partition coefficient (Wildman–Crippen LogP) is 0.856. The van der Waals surface area contributed by atoms with E-state index in [1.54, 1.807) is 19.1 Å². The minimum Gasteiger partial charge on any atom is -0.399 e. The number of carbonyl (C=O) groups is 1. The lowest BCUT2D eigenvalue weighted by Gasteiger charge is -2.04. The monoisotopic (exact) mass is 331 g/mol. The molecule has 23 heavy (non-hydrogen) atoms. The Kier molecular flexibility index (Phi) is 5.36. The second-order valence-corrected chi connectivity index (χ2v) is 5.59. The van der Waals surface area contributed by atoms with Gasteiger partial charge in [-0.05, 0) is 24.6 Å². The Labute approximate surface area is 137 Å². The van der Waals surface area contributed by atoms with Gasteiger partial charge in [-0.1, -0.05) is 23.9 Å². The molecule has 120 valence electrons. The summed E-state index contributed by atoms with van der Waals surface area (Å²) in [6, 6.07) is 8.66. The largest absolute Gasteiger partial charge is 0.399 e. The summed E-state index contributed by atoms with van der Waals surface area (Å²) in [5.41, 5.74) is 21.4. The number of thioether (sulfide) groups is 1. The third-order valence-electron chi connectivity index (χ3n) is 2.75. The molecular formula is C14H17N7OS. The van der Waals surface area contributed by atoms with Gasteiger partial charge in [0.2, 0.25) is 0 Å². The van der Waals surface area contributed by atoms with Crippen molar-refractivity contribution in [3.05, 3.63) is 35.9 Å². The van der Waals surface area contributed by atoms with Crippen LogP contribution in [0.25, 0.3) is 0 Å². The molecule has 1 amide bonds. The number of carbonyl (C=O) groups excluding carboxylic acids is 1. The third-order valence-corrected chi connectivity index (χ3v) is 3.60. The van der Waals surface area contributed by atoms with Crippen molar-refractivity contribution >= 4 is 40.7 Å². The average molecular weight is 331 g/mol. The maximum absolute atomic E-state index is 11.8. The van der Waals surface area contributed by atoms with E-state index in [2.05, 4.69) is 20.5 Å². The number of rotatable bonds is 5. The molecule has 0 fully saturated rings. The number of nitrogens with zero attached hydrogens (tertiary/aromatic N) is 3. The maximum atomic E-state index is 11.8. The van der Waals surface area contributed by atoms with Crippen LogP contribution in [-0.2, 0) is 4.79 Å². The summed E-state index contributed by atoms with van der Waals surface area (Å²) in [5, 5.41) is 4.39. The average Bonchev–Trinajstić information content (AvgIpc) is 2.50. The molecule has 7 N–H and O–H groups in total. The standard InChI is InChI=1S/C14H17N7OS/c1-8(9-2-4-10(15)5-3-9)20-21-13(22)7-23-14-18-11(16)6-12(17)19-14/h2-6H,7,15H2,1H3,(H,21,22)(H4,16,17,18,19)/b20-8-. The molecule has 9 heteroatoms. The van der Waals surface area contributed by atoms with Crippen molar-refractivity contribution in [3.63, 3.8) is 0 Å². The predicted molar refractivity (Wildman–Crippen MR) is 92.8 cm³/mol. The lowest BCUT2D eigenvalue weighted by Crippen LogP contribution is -2.21. The minimum atomic E-state index is -0.283. The Morgan fingerprint density at radius 3 is 2.39 bits per heavy atom. The van der Waals surface area contributed by atoms with Crippen molar-refractivity contribution < 1.29 is 4.79 Å². The molecule has 2 rings (SSSR count). The SMILES string of the molecule is C/C(=N/NC(=O)CSc1nc(N)cc(N)n1)c1ccc(N)cc1. The Morgan fingerprint density at radius 2 is 1.78 bits per heavy atom. The van der Waals surface area contributed by atoms with E-state index in [0.717, 1.165) is 17.3 Å². The van der Waals surface area contributed by atoms with Crippen molar-refractivity contribution in [2.24, 2.45) is 5.10 Å². The molecule has 0 saturated heterocycles. The normalized spacial score (nSPS) is 11.3. The van der Waals surface area contributed by atoms with Crippen LogP contribution >= 0.6 is 11.8 Å². The number of anilines is 3. The van der Waals surface area contributed by atoms with Crippen LogP contribution in [-0.4, -0.2) is 27.3 Å². The van der Waals surface area contributed by atoms with Gasteiger partial charge < -0.3 is 17.2 Å². The number of nitrogens with one attached hydrogen (secondary N) is 1. The lowest BCUT2D eigenvalue weighted by molar-refractivity contribution is -0.118. The zero-order chi connectivity index (χ0) is 16.8. The molecule has 0 aliphatic rings. The first kappa shape index (κ1) is 16.6. The number of hydrazone groups is 1. The van der Waals surface area contributed by atoms with E-state index in [1.807, 2.05) is 12.1 Å². The van der Waals surface area contributed by atoms with E-state index in [4.69, 9.17) is 17.2 Å². The summed E-state index contributed by atoms with van der Waals surface area (Å²) in [7, 11) is 0. The second-order valence-electron chi connectivity index (χ2n) is 4.64. The highest BCUT2D eigenvalue weighted by molar-refractivity contribution is 7.99. The van der Waals surface area contributed by atoms with Crippen LogP contribution in [0.3, 0.4) is 0 Å². The number of nitrogens with two attached hydrogens (primary N) is 3. The smallest absolute Gasteiger partial charge is 0.250 e. The summed E-state index contributed by atoms with van der Waals surface area (Å²) in [6.45, 7) is 1.79. The van der Waals surface area contributed by atoms with Crippen LogP contribution in [0.4, 0.5) is 17.3 Å². The van der Waals surface area contributed by atoms with Crippen LogP contribution in [0.2, 0.25) is 0 Å². The zero-order valence-corrected chi connectivity index (χ0v) is 13.3. The first-order chi connectivity index (χ1) is 10.9. The van der Waals surface area contributed by atoms with Crippen molar-refractivity contribution in [1.29, 1.82) is 0 Å². The topological polar surface area (TPSA) is 145 Å². The van der Waals surface area contributed by atoms with E-state index in [1.165, 1.54) is 6.07 Å². The van der Waals surface area contributed by atoms with E-state index >= 15 is 0 Å². The van der Waals surface area contributed by atoms with Crippen molar-refractivity contribution in [2.45, 2.75) is 12.1 Å². The molecule has 0 saturated carbocycles. The molecule has 1 aromatic heterocycles. The van der Waals surface area contributed by atoms with Crippen LogP contribution in [0.15, 0.2) is 40.6 Å². The highest BCUT2D eigenvalue weighted by Gasteiger charge is 2.06. The fraction of sp³-hybridized carbons (Fsp3) is 0.143. The summed E-state index contributed by atoms with van der Waals surface area (Å²) >= 11 is 1.13. The Morgan fingerprint density at radius 1 is 1.17 bits per heavy atom.